The molecule has 1 aliphatic rings. The number of aromatic nitrogens is 1. The van der Waals surface area contributed by atoms with Crippen molar-refractivity contribution in [2.24, 2.45) is 0 Å². The monoisotopic (exact) mass is 295 g/mol. The molecular formula is C14H17NO6. The van der Waals surface area contributed by atoms with E-state index in [1.165, 1.54) is 26.6 Å². The van der Waals surface area contributed by atoms with Crippen molar-refractivity contribution in [2.45, 2.75) is 25.5 Å². The molecule has 2 heterocycles. The van der Waals surface area contributed by atoms with Crippen LogP contribution in [0, 0.1) is 0 Å². The fraction of sp³-hybridized carbons (Fsp3) is 0.500. The smallest absolute Gasteiger partial charge is 0.343 e. The number of pyridine rings is 1. The Morgan fingerprint density at radius 2 is 1.81 bits per heavy atom. The predicted molar refractivity (Wildman–Crippen MR) is 72.4 cm³/mol. The van der Waals surface area contributed by atoms with Crippen LogP contribution < -0.4 is 5.43 Å². The zero-order chi connectivity index (χ0) is 15.4. The number of hydrogen-bond acceptors (Lipinski definition) is 6. The summed E-state index contributed by atoms with van der Waals surface area (Å²) in [5.41, 5.74) is -1.09. The number of ether oxygens (including phenoxy) is 3. The number of carbonyl (C=O) groups excluding carboxylic acids is 2. The number of esters is 2. The molecule has 1 atom stereocenters. The van der Waals surface area contributed by atoms with Crippen molar-refractivity contribution in [1.29, 1.82) is 0 Å². The van der Waals surface area contributed by atoms with Gasteiger partial charge in [-0.15, -0.1) is 0 Å². The Bertz CT molecular complexity index is 560. The van der Waals surface area contributed by atoms with Gasteiger partial charge in [-0.3, -0.25) is 4.79 Å². The molecule has 1 unspecified atom stereocenters. The van der Waals surface area contributed by atoms with Gasteiger partial charge in [-0.25, -0.2) is 9.59 Å². The minimum atomic E-state index is -0.785. The third-order valence-electron chi connectivity index (χ3n) is 3.33. The zero-order valence-electron chi connectivity index (χ0n) is 12.0. The standard InChI is InChI=1S/C14H17NO6/c1-19-13(17)10-7-15(6-9-4-3-5-21-9)8-11(12(10)16)14(18)20-2/h7-9H,3-6H2,1-2H3. The average Bonchev–Trinajstić information content (AvgIpc) is 3.00. The van der Waals surface area contributed by atoms with Crippen molar-refractivity contribution in [3.8, 4) is 0 Å². The van der Waals surface area contributed by atoms with Gasteiger partial charge < -0.3 is 18.8 Å². The highest BCUT2D eigenvalue weighted by Crippen LogP contribution is 2.14. The van der Waals surface area contributed by atoms with Crippen molar-refractivity contribution >= 4 is 11.9 Å². The summed E-state index contributed by atoms with van der Waals surface area (Å²) in [6.07, 6.45) is 4.62. The molecule has 2 rings (SSSR count). The Balaban J connectivity index is 2.42. The van der Waals surface area contributed by atoms with E-state index < -0.39 is 17.4 Å². The van der Waals surface area contributed by atoms with E-state index in [-0.39, 0.29) is 17.2 Å². The van der Waals surface area contributed by atoms with Crippen LogP contribution in [0.4, 0.5) is 0 Å². The van der Waals surface area contributed by atoms with Crippen LogP contribution in [0.2, 0.25) is 0 Å². The molecule has 0 saturated carbocycles. The average molecular weight is 295 g/mol. The first-order valence-corrected chi connectivity index (χ1v) is 6.59. The van der Waals surface area contributed by atoms with Crippen LogP contribution in [0.5, 0.6) is 0 Å². The summed E-state index contributed by atoms with van der Waals surface area (Å²) in [7, 11) is 2.36. The first-order valence-electron chi connectivity index (χ1n) is 6.59. The largest absolute Gasteiger partial charge is 0.465 e. The summed E-state index contributed by atoms with van der Waals surface area (Å²) in [6, 6.07) is 0. The Morgan fingerprint density at radius 1 is 1.24 bits per heavy atom. The molecule has 7 heteroatoms. The SMILES string of the molecule is COC(=O)c1cn(CC2CCCO2)cc(C(=O)OC)c1=O. The van der Waals surface area contributed by atoms with E-state index in [0.29, 0.717) is 13.2 Å². The molecule has 0 radical (unpaired) electrons. The van der Waals surface area contributed by atoms with Gasteiger partial charge in [0.2, 0.25) is 5.43 Å². The van der Waals surface area contributed by atoms with E-state index in [1.54, 1.807) is 4.57 Å². The van der Waals surface area contributed by atoms with E-state index >= 15 is 0 Å². The molecule has 1 fully saturated rings. The second-order valence-electron chi connectivity index (χ2n) is 4.73. The Morgan fingerprint density at radius 3 is 2.24 bits per heavy atom. The number of rotatable bonds is 4. The minimum absolute atomic E-state index is 0.00324. The molecule has 1 aromatic rings. The summed E-state index contributed by atoms with van der Waals surface area (Å²) in [6.45, 7) is 1.15. The van der Waals surface area contributed by atoms with Crippen LogP contribution in [-0.2, 0) is 20.8 Å². The van der Waals surface area contributed by atoms with Crippen molar-refractivity contribution in [3.05, 3.63) is 33.7 Å². The van der Waals surface area contributed by atoms with Crippen molar-refractivity contribution in [2.75, 3.05) is 20.8 Å². The number of hydrogen-bond donors (Lipinski definition) is 0. The van der Waals surface area contributed by atoms with E-state index in [9.17, 15) is 14.4 Å². The van der Waals surface area contributed by atoms with Gasteiger partial charge in [-0.1, -0.05) is 0 Å². The van der Waals surface area contributed by atoms with Gasteiger partial charge in [0.15, 0.2) is 0 Å². The zero-order valence-corrected chi connectivity index (χ0v) is 12.0. The van der Waals surface area contributed by atoms with Crippen molar-refractivity contribution < 1.29 is 23.8 Å². The highest BCUT2D eigenvalue weighted by atomic mass is 16.5. The molecule has 0 amide bonds. The fourth-order valence-corrected chi connectivity index (χ4v) is 2.27. The molecule has 7 nitrogen and oxygen atoms in total. The van der Waals surface area contributed by atoms with E-state index in [4.69, 9.17) is 4.74 Å². The topological polar surface area (TPSA) is 83.8 Å². The predicted octanol–water partition coefficient (Wildman–Crippen LogP) is 0.601. The third kappa shape index (κ3) is 3.30. The van der Waals surface area contributed by atoms with Gasteiger partial charge >= 0.3 is 11.9 Å². The summed E-state index contributed by atoms with van der Waals surface area (Å²) in [4.78, 5) is 35.4. The van der Waals surface area contributed by atoms with Crippen molar-refractivity contribution in [1.82, 2.24) is 4.57 Å². The second-order valence-corrected chi connectivity index (χ2v) is 4.73. The lowest BCUT2D eigenvalue weighted by molar-refractivity contribution is 0.0591. The maximum absolute atomic E-state index is 12.1. The second kappa shape index (κ2) is 6.53. The lowest BCUT2D eigenvalue weighted by Crippen LogP contribution is -2.27. The highest BCUT2D eigenvalue weighted by molar-refractivity contribution is 5.94. The van der Waals surface area contributed by atoms with Crippen LogP contribution >= 0.6 is 0 Å². The molecular weight excluding hydrogens is 278 g/mol. The molecule has 0 spiro atoms. The fourth-order valence-electron chi connectivity index (χ4n) is 2.27. The molecule has 1 aromatic heterocycles. The molecule has 1 aliphatic heterocycles. The van der Waals surface area contributed by atoms with Gasteiger partial charge in [0.1, 0.15) is 11.1 Å². The first kappa shape index (κ1) is 15.2. The molecule has 0 aromatic carbocycles. The van der Waals surface area contributed by atoms with Crippen LogP contribution in [0.15, 0.2) is 17.2 Å². The van der Waals surface area contributed by atoms with E-state index in [2.05, 4.69) is 9.47 Å². The molecule has 0 aliphatic carbocycles. The Hall–Kier alpha value is -2.15. The Kier molecular flexibility index (Phi) is 4.74. The van der Waals surface area contributed by atoms with E-state index in [0.717, 1.165) is 12.8 Å². The summed E-state index contributed by atoms with van der Waals surface area (Å²) >= 11 is 0. The normalized spacial score (nSPS) is 17.5. The van der Waals surface area contributed by atoms with Crippen LogP contribution in [0.25, 0.3) is 0 Å². The summed E-state index contributed by atoms with van der Waals surface area (Å²) in [5, 5.41) is 0. The Labute approximate surface area is 121 Å². The van der Waals surface area contributed by atoms with Gasteiger partial charge in [-0.05, 0) is 12.8 Å². The molecule has 0 bridgehead atoms. The van der Waals surface area contributed by atoms with Crippen LogP contribution in [0.3, 0.4) is 0 Å². The highest BCUT2D eigenvalue weighted by Gasteiger charge is 2.22. The number of methoxy groups -OCH3 is 2. The number of nitrogens with zero attached hydrogens (tertiary/aromatic N) is 1. The molecule has 21 heavy (non-hydrogen) atoms. The van der Waals surface area contributed by atoms with Crippen LogP contribution in [0.1, 0.15) is 33.6 Å². The summed E-state index contributed by atoms with van der Waals surface area (Å²) < 4.78 is 16.3. The number of carbonyl (C=O) groups is 2. The maximum atomic E-state index is 12.1. The van der Waals surface area contributed by atoms with Crippen molar-refractivity contribution in [3.63, 3.8) is 0 Å². The van der Waals surface area contributed by atoms with Gasteiger partial charge in [0.05, 0.1) is 20.3 Å². The van der Waals surface area contributed by atoms with Gasteiger partial charge in [0.25, 0.3) is 0 Å². The van der Waals surface area contributed by atoms with Gasteiger partial charge in [-0.2, -0.15) is 0 Å². The lowest BCUT2D eigenvalue weighted by atomic mass is 10.1. The van der Waals surface area contributed by atoms with Crippen LogP contribution in [-0.4, -0.2) is 43.4 Å². The molecule has 1 saturated heterocycles. The van der Waals surface area contributed by atoms with E-state index in [1.807, 2.05) is 0 Å². The molecule has 0 N–H and O–H groups in total. The first-order chi connectivity index (χ1) is 10.1. The third-order valence-corrected chi connectivity index (χ3v) is 3.33. The summed E-state index contributed by atoms with van der Waals surface area (Å²) in [5.74, 6) is -1.57. The molecule has 114 valence electrons. The lowest BCUT2D eigenvalue weighted by Gasteiger charge is -2.14. The minimum Gasteiger partial charge on any atom is -0.465 e. The quantitative estimate of drug-likeness (QED) is 0.756. The van der Waals surface area contributed by atoms with Gasteiger partial charge in [0, 0.05) is 25.5 Å². The maximum Gasteiger partial charge on any atom is 0.343 e.